The fourth-order valence-corrected chi connectivity index (χ4v) is 5.01. The lowest BCUT2D eigenvalue weighted by Gasteiger charge is -2.41. The predicted molar refractivity (Wildman–Crippen MR) is 81.0 cm³/mol. The van der Waals surface area contributed by atoms with Crippen LogP contribution in [-0.4, -0.2) is 29.6 Å². The second kappa shape index (κ2) is 5.90. The lowest BCUT2D eigenvalue weighted by molar-refractivity contribution is -0.136. The average molecular weight is 279 g/mol. The van der Waals surface area contributed by atoms with Gasteiger partial charge in [0.2, 0.25) is 5.91 Å². The normalized spacial score (nSPS) is 34.9. The van der Waals surface area contributed by atoms with Gasteiger partial charge in [0.25, 0.3) is 0 Å². The van der Waals surface area contributed by atoms with Crippen LogP contribution in [0.15, 0.2) is 11.0 Å². The van der Waals surface area contributed by atoms with Crippen LogP contribution in [0.25, 0.3) is 0 Å². The summed E-state index contributed by atoms with van der Waals surface area (Å²) in [5.41, 5.74) is 0. The Labute approximate surface area is 121 Å². The monoisotopic (exact) mass is 279 g/mol. The second-order valence-electron chi connectivity index (χ2n) is 6.28. The topological polar surface area (TPSA) is 20.3 Å². The largest absolute Gasteiger partial charge is 0.342 e. The molecule has 3 heteroatoms. The number of thioether (sulfide) groups is 1. The van der Waals surface area contributed by atoms with E-state index in [1.165, 1.54) is 37.0 Å². The molecule has 1 saturated heterocycles. The predicted octanol–water partition coefficient (Wildman–Crippen LogP) is 3.68. The van der Waals surface area contributed by atoms with Gasteiger partial charge in [-0.1, -0.05) is 32.3 Å². The van der Waals surface area contributed by atoms with Crippen molar-refractivity contribution in [3.05, 3.63) is 11.0 Å². The fraction of sp³-hybridized carbons (Fsp3) is 0.812. The number of carbonyl (C=O) groups excluding carboxylic acids is 1. The number of carbonyl (C=O) groups is 1. The number of fused-ring (bicyclic) bond motifs is 1. The van der Waals surface area contributed by atoms with Crippen LogP contribution < -0.4 is 0 Å². The van der Waals surface area contributed by atoms with Crippen molar-refractivity contribution in [2.75, 3.05) is 18.8 Å². The van der Waals surface area contributed by atoms with E-state index in [-0.39, 0.29) is 5.92 Å². The molecule has 3 atom stereocenters. The highest BCUT2D eigenvalue weighted by Crippen LogP contribution is 2.38. The minimum Gasteiger partial charge on any atom is -0.342 e. The van der Waals surface area contributed by atoms with Crippen LogP contribution >= 0.6 is 11.8 Å². The quantitative estimate of drug-likeness (QED) is 0.768. The van der Waals surface area contributed by atoms with Crippen molar-refractivity contribution in [1.29, 1.82) is 0 Å². The summed E-state index contributed by atoms with van der Waals surface area (Å²) < 4.78 is 0. The molecular weight excluding hydrogens is 254 g/mol. The molecule has 3 unspecified atom stereocenters. The molecule has 3 aliphatic rings. The van der Waals surface area contributed by atoms with Gasteiger partial charge in [-0.3, -0.25) is 4.79 Å². The maximum absolute atomic E-state index is 12.6. The van der Waals surface area contributed by atoms with Crippen molar-refractivity contribution in [3.63, 3.8) is 0 Å². The molecule has 0 bridgehead atoms. The minimum absolute atomic E-state index is 0.167. The van der Waals surface area contributed by atoms with Gasteiger partial charge >= 0.3 is 0 Å². The van der Waals surface area contributed by atoms with Gasteiger partial charge in [0.05, 0.1) is 5.92 Å². The maximum atomic E-state index is 12.6. The first-order chi connectivity index (χ1) is 9.28. The lowest BCUT2D eigenvalue weighted by atomic mass is 9.75. The molecule has 1 aliphatic carbocycles. The van der Waals surface area contributed by atoms with Crippen molar-refractivity contribution in [2.24, 2.45) is 17.8 Å². The van der Waals surface area contributed by atoms with Crippen molar-refractivity contribution in [1.82, 2.24) is 4.90 Å². The van der Waals surface area contributed by atoms with E-state index in [1.807, 2.05) is 11.8 Å². The molecule has 2 fully saturated rings. The highest BCUT2D eigenvalue weighted by molar-refractivity contribution is 8.03. The maximum Gasteiger partial charge on any atom is 0.230 e. The Morgan fingerprint density at radius 3 is 2.84 bits per heavy atom. The molecular formula is C16H25NOS. The Bertz CT molecular complexity index is 379. The van der Waals surface area contributed by atoms with E-state index in [0.29, 0.717) is 5.91 Å². The summed E-state index contributed by atoms with van der Waals surface area (Å²) in [5.74, 6) is 3.26. The number of allylic oxidation sites excluding steroid dienone is 1. The Balaban J connectivity index is 1.60. The molecule has 1 saturated carbocycles. The number of nitrogens with zero attached hydrogens (tertiary/aromatic N) is 1. The first-order valence-electron chi connectivity index (χ1n) is 7.90. The third-order valence-corrected chi connectivity index (χ3v) is 6.43. The standard InChI is InChI=1S/C16H25NOS/c1-2-15-9-14(11-19-15)16(18)17-8-7-12-5-3-4-6-13(12)10-17/h9,12-14H,2-8,10-11H2,1H3. The van der Waals surface area contributed by atoms with Crippen molar-refractivity contribution < 1.29 is 4.79 Å². The molecule has 19 heavy (non-hydrogen) atoms. The zero-order chi connectivity index (χ0) is 13.2. The molecule has 0 aromatic rings. The highest BCUT2D eigenvalue weighted by Gasteiger charge is 2.35. The molecule has 2 heterocycles. The van der Waals surface area contributed by atoms with Crippen LogP contribution in [0.3, 0.4) is 0 Å². The molecule has 0 spiro atoms. The van der Waals surface area contributed by atoms with E-state index in [2.05, 4.69) is 17.9 Å². The van der Waals surface area contributed by atoms with Gasteiger partial charge < -0.3 is 4.90 Å². The first kappa shape index (κ1) is 13.5. The smallest absolute Gasteiger partial charge is 0.230 e. The number of amides is 1. The fourth-order valence-electron chi connectivity index (χ4n) is 3.92. The van der Waals surface area contributed by atoms with E-state index < -0.39 is 0 Å². The SMILES string of the molecule is CCC1=CC(C(=O)N2CCC3CCCCC3C2)CS1. The number of piperidine rings is 1. The van der Waals surface area contributed by atoms with E-state index >= 15 is 0 Å². The van der Waals surface area contributed by atoms with Crippen LogP contribution in [0.4, 0.5) is 0 Å². The zero-order valence-corrected chi connectivity index (χ0v) is 12.8. The molecule has 106 valence electrons. The Morgan fingerprint density at radius 2 is 2.11 bits per heavy atom. The van der Waals surface area contributed by atoms with Crippen LogP contribution in [0.1, 0.15) is 45.4 Å². The van der Waals surface area contributed by atoms with Crippen molar-refractivity contribution in [3.8, 4) is 0 Å². The molecule has 0 aromatic carbocycles. The second-order valence-corrected chi connectivity index (χ2v) is 7.43. The summed E-state index contributed by atoms with van der Waals surface area (Å²) in [5, 5.41) is 0. The average Bonchev–Trinajstić information content (AvgIpc) is 2.95. The first-order valence-corrected chi connectivity index (χ1v) is 8.88. The molecule has 0 aromatic heterocycles. The summed E-state index contributed by atoms with van der Waals surface area (Å²) in [6.45, 7) is 4.23. The molecule has 3 rings (SSSR count). The molecule has 0 radical (unpaired) electrons. The van der Waals surface area contributed by atoms with Gasteiger partial charge in [-0.15, -0.1) is 11.8 Å². The summed E-state index contributed by atoms with van der Waals surface area (Å²) in [6.07, 6.45) is 10.1. The van der Waals surface area contributed by atoms with Crippen LogP contribution in [-0.2, 0) is 4.79 Å². The number of rotatable bonds is 2. The van der Waals surface area contributed by atoms with Crippen molar-refractivity contribution >= 4 is 17.7 Å². The third kappa shape index (κ3) is 2.86. The summed E-state index contributed by atoms with van der Waals surface area (Å²) in [4.78, 5) is 16.2. The summed E-state index contributed by atoms with van der Waals surface area (Å²) in [6, 6.07) is 0. The van der Waals surface area contributed by atoms with Gasteiger partial charge in [0.15, 0.2) is 0 Å². The van der Waals surface area contributed by atoms with Gasteiger partial charge in [0.1, 0.15) is 0 Å². The molecule has 2 nitrogen and oxygen atoms in total. The van der Waals surface area contributed by atoms with Gasteiger partial charge in [-0.2, -0.15) is 0 Å². The zero-order valence-electron chi connectivity index (χ0n) is 11.9. The third-order valence-electron chi connectivity index (χ3n) is 5.10. The Morgan fingerprint density at radius 1 is 1.32 bits per heavy atom. The number of hydrogen-bond acceptors (Lipinski definition) is 2. The van der Waals surface area contributed by atoms with Gasteiger partial charge in [0, 0.05) is 18.8 Å². The van der Waals surface area contributed by atoms with Gasteiger partial charge in [-0.25, -0.2) is 0 Å². The van der Waals surface area contributed by atoms with Gasteiger partial charge in [-0.05, 0) is 36.0 Å². The molecule has 2 aliphatic heterocycles. The van der Waals surface area contributed by atoms with Crippen LogP contribution in [0.5, 0.6) is 0 Å². The number of likely N-dealkylation sites (tertiary alicyclic amines) is 1. The van der Waals surface area contributed by atoms with E-state index in [0.717, 1.165) is 37.1 Å². The molecule has 1 amide bonds. The van der Waals surface area contributed by atoms with E-state index in [1.54, 1.807) is 0 Å². The Hall–Kier alpha value is -0.440. The summed E-state index contributed by atoms with van der Waals surface area (Å²) >= 11 is 1.88. The molecule has 0 N–H and O–H groups in total. The van der Waals surface area contributed by atoms with E-state index in [4.69, 9.17) is 0 Å². The van der Waals surface area contributed by atoms with Crippen molar-refractivity contribution in [2.45, 2.75) is 45.4 Å². The number of hydrogen-bond donors (Lipinski definition) is 0. The Kier molecular flexibility index (Phi) is 4.21. The lowest BCUT2D eigenvalue weighted by Crippen LogP contribution is -2.46. The highest BCUT2D eigenvalue weighted by atomic mass is 32.2. The van der Waals surface area contributed by atoms with Crippen LogP contribution in [0.2, 0.25) is 0 Å². The minimum atomic E-state index is 0.167. The van der Waals surface area contributed by atoms with Crippen LogP contribution in [0, 0.1) is 17.8 Å². The van der Waals surface area contributed by atoms with E-state index in [9.17, 15) is 4.79 Å². The summed E-state index contributed by atoms with van der Waals surface area (Å²) in [7, 11) is 0.